The standard InChI is InChI=1S/C13H14ClNO4S2/c1-18-8-9-19-11-4-2-10(3-5-11)15-21(16,17)13-7-6-12(14)20-13/h2-7,15H,8-9H2,1H3. The summed E-state index contributed by atoms with van der Waals surface area (Å²) in [6, 6.07) is 9.67. The summed E-state index contributed by atoms with van der Waals surface area (Å²) < 4.78 is 37.6. The molecule has 5 nitrogen and oxygen atoms in total. The highest BCUT2D eigenvalue weighted by atomic mass is 35.5. The van der Waals surface area contributed by atoms with E-state index in [1.807, 2.05) is 0 Å². The Labute approximate surface area is 132 Å². The van der Waals surface area contributed by atoms with Crippen LogP contribution in [-0.4, -0.2) is 28.7 Å². The van der Waals surface area contributed by atoms with Gasteiger partial charge in [-0.25, -0.2) is 8.42 Å². The largest absolute Gasteiger partial charge is 0.491 e. The third-order valence-electron chi connectivity index (χ3n) is 2.48. The first-order valence-electron chi connectivity index (χ1n) is 6.01. The van der Waals surface area contributed by atoms with Gasteiger partial charge < -0.3 is 9.47 Å². The van der Waals surface area contributed by atoms with Crippen LogP contribution in [0, 0.1) is 0 Å². The van der Waals surface area contributed by atoms with Gasteiger partial charge in [0, 0.05) is 12.8 Å². The predicted molar refractivity (Wildman–Crippen MR) is 84.0 cm³/mol. The Bertz CT molecular complexity index is 682. The van der Waals surface area contributed by atoms with E-state index in [0.29, 0.717) is 29.0 Å². The molecule has 1 N–H and O–H groups in total. The number of nitrogens with one attached hydrogen (secondary N) is 1. The highest BCUT2D eigenvalue weighted by Crippen LogP contribution is 2.27. The first-order chi connectivity index (χ1) is 10.0. The molecular weight excluding hydrogens is 334 g/mol. The molecular formula is C13H14ClNO4S2. The van der Waals surface area contributed by atoms with Crippen molar-refractivity contribution in [2.45, 2.75) is 4.21 Å². The van der Waals surface area contributed by atoms with Crippen molar-refractivity contribution in [3.63, 3.8) is 0 Å². The van der Waals surface area contributed by atoms with Gasteiger partial charge in [-0.15, -0.1) is 11.3 Å². The fourth-order valence-electron chi connectivity index (χ4n) is 1.51. The van der Waals surface area contributed by atoms with Crippen LogP contribution in [-0.2, 0) is 14.8 Å². The van der Waals surface area contributed by atoms with Crippen molar-refractivity contribution in [1.82, 2.24) is 0 Å². The molecule has 1 heterocycles. The number of hydrogen-bond donors (Lipinski definition) is 1. The van der Waals surface area contributed by atoms with E-state index in [0.717, 1.165) is 11.3 Å². The molecule has 2 rings (SSSR count). The fourth-order valence-corrected chi connectivity index (χ4v) is 4.05. The molecule has 1 aromatic carbocycles. The zero-order chi connectivity index (χ0) is 15.3. The topological polar surface area (TPSA) is 64.6 Å². The first kappa shape index (κ1) is 16.1. The Morgan fingerprint density at radius 3 is 2.43 bits per heavy atom. The van der Waals surface area contributed by atoms with E-state index in [4.69, 9.17) is 21.1 Å². The van der Waals surface area contributed by atoms with Crippen molar-refractivity contribution < 1.29 is 17.9 Å². The van der Waals surface area contributed by atoms with Crippen LogP contribution >= 0.6 is 22.9 Å². The molecule has 0 saturated heterocycles. The summed E-state index contributed by atoms with van der Waals surface area (Å²) in [5.74, 6) is 0.647. The van der Waals surface area contributed by atoms with Gasteiger partial charge in [0.1, 0.15) is 16.6 Å². The Balaban J connectivity index is 2.03. The quantitative estimate of drug-likeness (QED) is 0.781. The molecule has 0 unspecified atom stereocenters. The zero-order valence-electron chi connectivity index (χ0n) is 11.2. The minimum atomic E-state index is -3.60. The molecule has 1 aromatic heterocycles. The van der Waals surface area contributed by atoms with Crippen LogP contribution < -0.4 is 9.46 Å². The van der Waals surface area contributed by atoms with Crippen LogP contribution in [0.4, 0.5) is 5.69 Å². The third-order valence-corrected chi connectivity index (χ3v) is 5.58. The maximum Gasteiger partial charge on any atom is 0.271 e. The normalized spacial score (nSPS) is 11.3. The van der Waals surface area contributed by atoms with Gasteiger partial charge in [0.05, 0.1) is 10.9 Å². The van der Waals surface area contributed by atoms with E-state index in [2.05, 4.69) is 4.72 Å². The average Bonchev–Trinajstić information content (AvgIpc) is 2.88. The number of sulfonamides is 1. The Morgan fingerprint density at radius 1 is 1.14 bits per heavy atom. The molecule has 0 saturated carbocycles. The molecule has 8 heteroatoms. The number of rotatable bonds is 7. The number of anilines is 1. The molecule has 0 aliphatic heterocycles. The van der Waals surface area contributed by atoms with Crippen molar-refractivity contribution in [2.75, 3.05) is 25.0 Å². The maximum absolute atomic E-state index is 12.1. The number of halogens is 1. The lowest BCUT2D eigenvalue weighted by Gasteiger charge is -2.08. The molecule has 0 bridgehead atoms. The lowest BCUT2D eigenvalue weighted by molar-refractivity contribution is 0.146. The molecule has 0 aliphatic rings. The zero-order valence-corrected chi connectivity index (χ0v) is 13.6. The molecule has 0 fully saturated rings. The molecule has 0 amide bonds. The minimum Gasteiger partial charge on any atom is -0.491 e. The number of hydrogen-bond acceptors (Lipinski definition) is 5. The Morgan fingerprint density at radius 2 is 1.86 bits per heavy atom. The van der Waals surface area contributed by atoms with Gasteiger partial charge >= 0.3 is 0 Å². The molecule has 0 aliphatic carbocycles. The average molecular weight is 348 g/mol. The highest BCUT2D eigenvalue weighted by Gasteiger charge is 2.16. The van der Waals surface area contributed by atoms with Crippen LogP contribution in [0.3, 0.4) is 0 Å². The second kappa shape index (κ2) is 7.13. The van der Waals surface area contributed by atoms with Crippen molar-refractivity contribution >= 4 is 38.6 Å². The van der Waals surface area contributed by atoms with E-state index >= 15 is 0 Å². The second-order valence-electron chi connectivity index (χ2n) is 4.03. The summed E-state index contributed by atoms with van der Waals surface area (Å²) in [7, 11) is -2.01. The second-order valence-corrected chi connectivity index (χ2v) is 7.65. The minimum absolute atomic E-state index is 0.174. The Kier molecular flexibility index (Phi) is 5.46. The number of methoxy groups -OCH3 is 1. The molecule has 2 aromatic rings. The molecule has 0 radical (unpaired) electrons. The van der Waals surface area contributed by atoms with Gasteiger partial charge in [-0.3, -0.25) is 4.72 Å². The van der Waals surface area contributed by atoms with Gasteiger partial charge in [0.2, 0.25) is 0 Å². The monoisotopic (exact) mass is 347 g/mol. The van der Waals surface area contributed by atoms with Gasteiger partial charge in [0.15, 0.2) is 0 Å². The molecule has 21 heavy (non-hydrogen) atoms. The van der Waals surface area contributed by atoms with E-state index in [1.165, 1.54) is 6.07 Å². The van der Waals surface area contributed by atoms with Crippen molar-refractivity contribution in [3.8, 4) is 5.75 Å². The van der Waals surface area contributed by atoms with Crippen molar-refractivity contribution in [3.05, 3.63) is 40.7 Å². The van der Waals surface area contributed by atoms with E-state index in [9.17, 15) is 8.42 Å². The lowest BCUT2D eigenvalue weighted by atomic mass is 10.3. The molecule has 114 valence electrons. The van der Waals surface area contributed by atoms with Gasteiger partial charge in [-0.05, 0) is 36.4 Å². The number of thiophene rings is 1. The molecule has 0 atom stereocenters. The Hall–Kier alpha value is -1.28. The fraction of sp³-hybridized carbons (Fsp3) is 0.231. The van der Waals surface area contributed by atoms with Crippen LogP contribution in [0.1, 0.15) is 0 Å². The summed E-state index contributed by atoms with van der Waals surface area (Å²) in [6.45, 7) is 0.933. The third kappa shape index (κ3) is 4.60. The van der Waals surface area contributed by atoms with Crippen LogP contribution in [0.5, 0.6) is 5.75 Å². The van der Waals surface area contributed by atoms with Gasteiger partial charge in [0.25, 0.3) is 10.0 Å². The van der Waals surface area contributed by atoms with E-state index in [-0.39, 0.29) is 4.21 Å². The smallest absolute Gasteiger partial charge is 0.271 e. The van der Waals surface area contributed by atoms with Crippen molar-refractivity contribution in [1.29, 1.82) is 0 Å². The lowest BCUT2D eigenvalue weighted by Crippen LogP contribution is -2.11. The highest BCUT2D eigenvalue weighted by molar-refractivity contribution is 7.94. The van der Waals surface area contributed by atoms with Crippen LogP contribution in [0.25, 0.3) is 0 Å². The molecule has 0 spiro atoms. The van der Waals surface area contributed by atoms with Crippen molar-refractivity contribution in [2.24, 2.45) is 0 Å². The number of benzene rings is 1. The van der Waals surface area contributed by atoms with E-state index < -0.39 is 10.0 Å². The van der Waals surface area contributed by atoms with Gasteiger partial charge in [-0.1, -0.05) is 11.6 Å². The number of ether oxygens (including phenoxy) is 2. The summed E-state index contributed by atoms with van der Waals surface area (Å²) in [5, 5.41) is 0. The van der Waals surface area contributed by atoms with E-state index in [1.54, 1.807) is 37.4 Å². The first-order valence-corrected chi connectivity index (χ1v) is 8.69. The summed E-state index contributed by atoms with van der Waals surface area (Å²) in [6.07, 6.45) is 0. The van der Waals surface area contributed by atoms with Gasteiger partial charge in [-0.2, -0.15) is 0 Å². The predicted octanol–water partition coefficient (Wildman–Crippen LogP) is 3.23. The summed E-state index contributed by atoms with van der Waals surface area (Å²) in [4.78, 5) is 0. The SMILES string of the molecule is COCCOc1ccc(NS(=O)(=O)c2ccc(Cl)s2)cc1. The maximum atomic E-state index is 12.1. The van der Waals surface area contributed by atoms with Crippen LogP contribution in [0.15, 0.2) is 40.6 Å². The summed E-state index contributed by atoms with van der Waals surface area (Å²) in [5.41, 5.74) is 0.457. The summed E-state index contributed by atoms with van der Waals surface area (Å²) >= 11 is 6.76. The van der Waals surface area contributed by atoms with Crippen LogP contribution in [0.2, 0.25) is 4.34 Å².